The van der Waals surface area contributed by atoms with Gasteiger partial charge in [0, 0.05) is 39.0 Å². The lowest BCUT2D eigenvalue weighted by Crippen LogP contribution is -2.53. The van der Waals surface area contributed by atoms with Gasteiger partial charge in [-0.05, 0) is 43.9 Å². The summed E-state index contributed by atoms with van der Waals surface area (Å²) < 4.78 is 18.3. The number of nitrogens with zero attached hydrogens (tertiary/aromatic N) is 4. The average Bonchev–Trinajstić information content (AvgIpc) is 3.14. The van der Waals surface area contributed by atoms with Crippen LogP contribution in [0.25, 0.3) is 0 Å². The first-order valence-electron chi connectivity index (χ1n) is 10.7. The predicted molar refractivity (Wildman–Crippen MR) is 111 cm³/mol. The standard InChI is InChI=1S/C23H27FN4O3/c1-17-25-20(31-26-17)9-10-21(29)28-14-4-12-23(16-28)11-2-3-13-27(22(23)30)15-18-5-7-19(24)8-6-18/h2-3,5-8H,4,9-16H2,1H3. The number of halogens is 1. The van der Waals surface area contributed by atoms with Gasteiger partial charge in [0.2, 0.25) is 17.7 Å². The van der Waals surface area contributed by atoms with E-state index in [-0.39, 0.29) is 24.1 Å². The van der Waals surface area contributed by atoms with E-state index in [0.29, 0.717) is 50.7 Å². The molecule has 164 valence electrons. The maximum Gasteiger partial charge on any atom is 0.231 e. The SMILES string of the molecule is Cc1noc(CCC(=O)N2CCCC3(CC=CCN(Cc4ccc(F)cc4)C3=O)C2)n1. The monoisotopic (exact) mass is 426 g/mol. The van der Waals surface area contributed by atoms with E-state index < -0.39 is 5.41 Å². The van der Waals surface area contributed by atoms with Crippen LogP contribution < -0.4 is 0 Å². The molecule has 1 aromatic heterocycles. The first-order chi connectivity index (χ1) is 14.9. The Morgan fingerprint density at radius 1 is 1.26 bits per heavy atom. The number of carbonyl (C=O) groups is 2. The summed E-state index contributed by atoms with van der Waals surface area (Å²) in [6, 6.07) is 6.24. The molecule has 4 rings (SSSR count). The molecule has 1 spiro atoms. The fourth-order valence-electron chi connectivity index (χ4n) is 4.46. The van der Waals surface area contributed by atoms with E-state index in [1.54, 1.807) is 24.0 Å². The average molecular weight is 426 g/mol. The zero-order valence-electron chi connectivity index (χ0n) is 17.7. The van der Waals surface area contributed by atoms with Crippen LogP contribution in [-0.2, 0) is 22.6 Å². The highest BCUT2D eigenvalue weighted by Gasteiger charge is 2.45. The number of aryl methyl sites for hydroxylation is 2. The highest BCUT2D eigenvalue weighted by atomic mass is 19.1. The molecule has 3 heterocycles. The van der Waals surface area contributed by atoms with Crippen molar-refractivity contribution in [1.82, 2.24) is 19.9 Å². The van der Waals surface area contributed by atoms with Crippen LogP contribution in [0.1, 0.15) is 43.0 Å². The summed E-state index contributed by atoms with van der Waals surface area (Å²) in [6.07, 6.45) is 6.90. The number of allylic oxidation sites excluding steroid dienone is 1. The Labute approximate surface area is 180 Å². The van der Waals surface area contributed by atoms with Gasteiger partial charge in [0.05, 0.1) is 5.41 Å². The van der Waals surface area contributed by atoms with Crippen molar-refractivity contribution < 1.29 is 18.5 Å². The second-order valence-electron chi connectivity index (χ2n) is 8.42. The molecule has 2 aliphatic heterocycles. The van der Waals surface area contributed by atoms with Crippen molar-refractivity contribution in [2.45, 2.75) is 45.6 Å². The van der Waals surface area contributed by atoms with E-state index in [9.17, 15) is 14.0 Å². The highest BCUT2D eigenvalue weighted by Crippen LogP contribution is 2.38. The lowest BCUT2D eigenvalue weighted by atomic mass is 9.76. The van der Waals surface area contributed by atoms with Gasteiger partial charge in [-0.25, -0.2) is 4.39 Å². The Hall–Kier alpha value is -3.03. The van der Waals surface area contributed by atoms with Crippen LogP contribution in [-0.4, -0.2) is 51.4 Å². The van der Waals surface area contributed by atoms with Crippen molar-refractivity contribution in [2.24, 2.45) is 5.41 Å². The van der Waals surface area contributed by atoms with Crippen LogP contribution in [0.2, 0.25) is 0 Å². The van der Waals surface area contributed by atoms with E-state index in [0.717, 1.165) is 18.4 Å². The van der Waals surface area contributed by atoms with Gasteiger partial charge < -0.3 is 14.3 Å². The number of carbonyl (C=O) groups excluding carboxylic acids is 2. The molecule has 2 aromatic rings. The zero-order valence-corrected chi connectivity index (χ0v) is 17.7. The minimum absolute atomic E-state index is 0.000962. The normalized spacial score (nSPS) is 21.5. The molecule has 2 aliphatic rings. The fourth-order valence-corrected chi connectivity index (χ4v) is 4.46. The van der Waals surface area contributed by atoms with Gasteiger partial charge >= 0.3 is 0 Å². The third kappa shape index (κ3) is 4.84. The zero-order chi connectivity index (χ0) is 21.8. The summed E-state index contributed by atoms with van der Waals surface area (Å²) in [5.41, 5.74) is 0.279. The molecule has 0 N–H and O–H groups in total. The molecule has 0 aliphatic carbocycles. The van der Waals surface area contributed by atoms with E-state index >= 15 is 0 Å². The first kappa shape index (κ1) is 21.2. The van der Waals surface area contributed by atoms with Gasteiger partial charge in [-0.3, -0.25) is 9.59 Å². The highest BCUT2D eigenvalue weighted by molar-refractivity contribution is 5.85. The van der Waals surface area contributed by atoms with Gasteiger partial charge in [0.15, 0.2) is 5.82 Å². The van der Waals surface area contributed by atoms with Gasteiger partial charge in [-0.1, -0.05) is 29.4 Å². The topological polar surface area (TPSA) is 79.5 Å². The summed E-state index contributed by atoms with van der Waals surface area (Å²) in [4.78, 5) is 34.2. The van der Waals surface area contributed by atoms with E-state index in [1.807, 2.05) is 11.0 Å². The molecular weight excluding hydrogens is 399 g/mol. The largest absolute Gasteiger partial charge is 0.342 e. The summed E-state index contributed by atoms with van der Waals surface area (Å²) in [5.74, 6) is 0.778. The Kier molecular flexibility index (Phi) is 6.15. The van der Waals surface area contributed by atoms with Gasteiger partial charge in [0.25, 0.3) is 0 Å². The van der Waals surface area contributed by atoms with Gasteiger partial charge in [-0.2, -0.15) is 4.98 Å². The molecule has 0 saturated carbocycles. The van der Waals surface area contributed by atoms with E-state index in [1.165, 1.54) is 12.1 Å². The molecule has 31 heavy (non-hydrogen) atoms. The molecular formula is C23H27FN4O3. The number of likely N-dealkylation sites (tertiary alicyclic amines) is 1. The predicted octanol–water partition coefficient (Wildman–Crippen LogP) is 3.05. The number of aromatic nitrogens is 2. The summed E-state index contributed by atoms with van der Waals surface area (Å²) >= 11 is 0. The summed E-state index contributed by atoms with van der Waals surface area (Å²) in [5, 5.41) is 3.75. The molecule has 2 amide bonds. The van der Waals surface area contributed by atoms with E-state index in [2.05, 4.69) is 16.2 Å². The molecule has 1 unspecified atom stereocenters. The third-order valence-electron chi connectivity index (χ3n) is 6.08. The molecule has 1 atom stereocenters. The third-order valence-corrected chi connectivity index (χ3v) is 6.08. The van der Waals surface area contributed by atoms with Crippen LogP contribution in [0.5, 0.6) is 0 Å². The Morgan fingerprint density at radius 3 is 2.81 bits per heavy atom. The number of piperidine rings is 1. The Morgan fingerprint density at radius 2 is 2.06 bits per heavy atom. The minimum Gasteiger partial charge on any atom is -0.342 e. The number of amides is 2. The number of benzene rings is 1. The van der Waals surface area contributed by atoms with Gasteiger partial charge in [0.1, 0.15) is 5.82 Å². The van der Waals surface area contributed by atoms with E-state index in [4.69, 9.17) is 4.52 Å². The molecule has 0 bridgehead atoms. The fraction of sp³-hybridized carbons (Fsp3) is 0.478. The lowest BCUT2D eigenvalue weighted by molar-refractivity contribution is -0.148. The van der Waals surface area contributed by atoms with Crippen LogP contribution in [0, 0.1) is 18.2 Å². The number of rotatable bonds is 5. The minimum atomic E-state index is -0.609. The maximum absolute atomic E-state index is 13.6. The number of hydrogen-bond acceptors (Lipinski definition) is 5. The molecule has 0 radical (unpaired) electrons. The van der Waals surface area contributed by atoms with Crippen molar-refractivity contribution in [3.63, 3.8) is 0 Å². The van der Waals surface area contributed by atoms with Crippen molar-refractivity contribution in [1.29, 1.82) is 0 Å². The summed E-state index contributed by atoms with van der Waals surface area (Å²) in [7, 11) is 0. The second-order valence-corrected chi connectivity index (χ2v) is 8.42. The Bertz CT molecular complexity index is 971. The maximum atomic E-state index is 13.6. The number of hydrogen-bond donors (Lipinski definition) is 0. The second kappa shape index (κ2) is 8.99. The van der Waals surface area contributed by atoms with Crippen LogP contribution in [0.4, 0.5) is 4.39 Å². The van der Waals surface area contributed by atoms with Crippen molar-refractivity contribution in [3.05, 3.63) is 59.5 Å². The molecule has 1 saturated heterocycles. The van der Waals surface area contributed by atoms with Gasteiger partial charge in [-0.15, -0.1) is 0 Å². The van der Waals surface area contributed by atoms with Crippen LogP contribution in [0.3, 0.4) is 0 Å². The van der Waals surface area contributed by atoms with Crippen molar-refractivity contribution in [2.75, 3.05) is 19.6 Å². The van der Waals surface area contributed by atoms with Crippen LogP contribution in [0.15, 0.2) is 40.9 Å². The smallest absolute Gasteiger partial charge is 0.231 e. The summed E-state index contributed by atoms with van der Waals surface area (Å²) in [6.45, 7) is 3.75. The first-order valence-corrected chi connectivity index (χ1v) is 10.7. The van der Waals surface area contributed by atoms with Crippen LogP contribution >= 0.6 is 0 Å². The van der Waals surface area contributed by atoms with Crippen molar-refractivity contribution >= 4 is 11.8 Å². The Balaban J connectivity index is 1.44. The molecule has 7 nitrogen and oxygen atoms in total. The quantitative estimate of drug-likeness (QED) is 0.687. The molecule has 1 fully saturated rings. The molecule has 1 aromatic carbocycles. The molecule has 8 heteroatoms. The van der Waals surface area contributed by atoms with Crippen molar-refractivity contribution in [3.8, 4) is 0 Å². The lowest BCUT2D eigenvalue weighted by Gasteiger charge is -2.43.